The molecule has 0 amide bonds. The first-order valence-electron chi connectivity index (χ1n) is 8.47. The quantitative estimate of drug-likeness (QED) is 0.393. The second-order valence-corrected chi connectivity index (χ2v) is 5.65. The van der Waals surface area contributed by atoms with Gasteiger partial charge in [0.1, 0.15) is 0 Å². The summed E-state index contributed by atoms with van der Waals surface area (Å²) in [6.45, 7) is 8.58. The zero-order chi connectivity index (χ0) is 16.1. The van der Waals surface area contributed by atoms with Gasteiger partial charge in [-0.1, -0.05) is 59.8 Å². The van der Waals surface area contributed by atoms with E-state index in [2.05, 4.69) is 20.8 Å². The van der Waals surface area contributed by atoms with Crippen molar-refractivity contribution in [2.24, 2.45) is 11.8 Å². The van der Waals surface area contributed by atoms with E-state index < -0.39 is 12.1 Å². The molecule has 0 bridgehead atoms. The van der Waals surface area contributed by atoms with Crippen LogP contribution in [0.4, 0.5) is 4.79 Å². The predicted octanol–water partition coefficient (Wildman–Crippen LogP) is 5.10. The van der Waals surface area contributed by atoms with Crippen molar-refractivity contribution in [3.05, 3.63) is 0 Å². The van der Waals surface area contributed by atoms with E-state index in [1.165, 1.54) is 0 Å². The van der Waals surface area contributed by atoms with Gasteiger partial charge < -0.3 is 9.47 Å². The molecule has 0 aliphatic rings. The maximum Gasteiger partial charge on any atom is 0.516 e. The van der Waals surface area contributed by atoms with E-state index in [-0.39, 0.29) is 5.92 Å². The molecule has 0 aromatic rings. The van der Waals surface area contributed by atoms with E-state index in [4.69, 9.17) is 9.47 Å². The summed E-state index contributed by atoms with van der Waals surface area (Å²) in [6.07, 6.45) is 6.90. The third-order valence-electron chi connectivity index (χ3n) is 3.90. The molecular weight excluding hydrogens is 268 g/mol. The number of unbranched alkanes of at least 4 members (excludes halogenated alkanes) is 2. The number of esters is 1. The van der Waals surface area contributed by atoms with Crippen molar-refractivity contribution in [3.63, 3.8) is 0 Å². The second kappa shape index (κ2) is 12.7. The average molecular weight is 300 g/mol. The lowest BCUT2D eigenvalue weighted by atomic mass is 10.00. The number of carbonyl (C=O) groups excluding carboxylic acids is 2. The van der Waals surface area contributed by atoms with Crippen molar-refractivity contribution in [1.29, 1.82) is 0 Å². The summed E-state index contributed by atoms with van der Waals surface area (Å²) in [7, 11) is 0. The van der Waals surface area contributed by atoms with E-state index in [0.717, 1.165) is 44.9 Å². The monoisotopic (exact) mass is 300 g/mol. The SMILES string of the molecule is CCCCC(CC)COC(=O)OC(=O)C(CC)CCCC. The van der Waals surface area contributed by atoms with Crippen molar-refractivity contribution in [2.45, 2.75) is 79.1 Å². The number of ether oxygens (including phenoxy) is 2. The molecule has 0 N–H and O–H groups in total. The molecule has 4 nitrogen and oxygen atoms in total. The molecule has 0 spiro atoms. The molecule has 124 valence electrons. The highest BCUT2D eigenvalue weighted by Gasteiger charge is 2.22. The van der Waals surface area contributed by atoms with Crippen LogP contribution in [-0.2, 0) is 14.3 Å². The fraction of sp³-hybridized carbons (Fsp3) is 0.882. The standard InChI is InChI=1S/C17H32O4/c1-5-9-11-14(7-3)13-20-17(19)21-16(18)15(8-4)12-10-6-2/h14-15H,5-13H2,1-4H3. The Labute approximate surface area is 129 Å². The van der Waals surface area contributed by atoms with Gasteiger partial charge in [-0.25, -0.2) is 4.79 Å². The van der Waals surface area contributed by atoms with Crippen LogP contribution in [0.25, 0.3) is 0 Å². The molecule has 21 heavy (non-hydrogen) atoms. The molecular formula is C17H32O4. The minimum atomic E-state index is -0.843. The summed E-state index contributed by atoms with van der Waals surface area (Å²) in [5, 5.41) is 0. The normalized spacial score (nSPS) is 13.5. The largest absolute Gasteiger partial charge is 0.516 e. The lowest BCUT2D eigenvalue weighted by molar-refractivity contribution is -0.145. The van der Waals surface area contributed by atoms with Gasteiger partial charge in [0.15, 0.2) is 0 Å². The van der Waals surface area contributed by atoms with Crippen LogP contribution in [0.1, 0.15) is 79.1 Å². The summed E-state index contributed by atoms with van der Waals surface area (Å²) >= 11 is 0. The maximum absolute atomic E-state index is 11.9. The predicted molar refractivity (Wildman–Crippen MR) is 84.1 cm³/mol. The maximum atomic E-state index is 11.9. The van der Waals surface area contributed by atoms with Gasteiger partial charge in [-0.15, -0.1) is 0 Å². The van der Waals surface area contributed by atoms with Crippen LogP contribution in [0.15, 0.2) is 0 Å². The van der Waals surface area contributed by atoms with Crippen LogP contribution in [0.3, 0.4) is 0 Å². The molecule has 0 fully saturated rings. The van der Waals surface area contributed by atoms with Gasteiger partial charge >= 0.3 is 12.1 Å². The molecule has 2 atom stereocenters. The van der Waals surface area contributed by atoms with Gasteiger partial charge in [0.25, 0.3) is 0 Å². The summed E-state index contributed by atoms with van der Waals surface area (Å²) in [5.74, 6) is -0.285. The lowest BCUT2D eigenvalue weighted by Gasteiger charge is -2.15. The molecule has 0 heterocycles. The Balaban J connectivity index is 4.07. The van der Waals surface area contributed by atoms with Crippen molar-refractivity contribution >= 4 is 12.1 Å². The summed E-state index contributed by atoms with van der Waals surface area (Å²) in [4.78, 5) is 23.4. The number of carbonyl (C=O) groups is 2. The first kappa shape index (κ1) is 19.9. The minimum absolute atomic E-state index is 0.195. The molecule has 0 saturated heterocycles. The molecule has 4 heteroatoms. The molecule has 0 radical (unpaired) electrons. The third-order valence-corrected chi connectivity index (χ3v) is 3.90. The van der Waals surface area contributed by atoms with Crippen molar-refractivity contribution in [3.8, 4) is 0 Å². The fourth-order valence-electron chi connectivity index (χ4n) is 2.22. The van der Waals surface area contributed by atoms with E-state index in [0.29, 0.717) is 18.9 Å². The number of hydrogen-bond donors (Lipinski definition) is 0. The molecule has 0 aromatic carbocycles. The van der Waals surface area contributed by atoms with Crippen LogP contribution in [0.2, 0.25) is 0 Å². The Kier molecular flexibility index (Phi) is 12.0. The highest BCUT2D eigenvalue weighted by atomic mass is 16.7. The van der Waals surface area contributed by atoms with Gasteiger partial charge in [-0.05, 0) is 25.2 Å². The minimum Gasteiger partial charge on any atom is -0.434 e. The van der Waals surface area contributed by atoms with Crippen LogP contribution < -0.4 is 0 Å². The Hall–Kier alpha value is -1.06. The van der Waals surface area contributed by atoms with Crippen LogP contribution in [-0.4, -0.2) is 18.7 Å². The van der Waals surface area contributed by atoms with E-state index in [1.807, 2.05) is 6.92 Å². The molecule has 0 rings (SSSR count). The van der Waals surface area contributed by atoms with Crippen molar-refractivity contribution in [2.75, 3.05) is 6.61 Å². The van der Waals surface area contributed by atoms with E-state index >= 15 is 0 Å². The van der Waals surface area contributed by atoms with Crippen LogP contribution in [0.5, 0.6) is 0 Å². The Bertz CT molecular complexity index is 289. The van der Waals surface area contributed by atoms with Gasteiger partial charge in [-0.3, -0.25) is 4.79 Å². The van der Waals surface area contributed by atoms with Gasteiger partial charge in [0.05, 0.1) is 12.5 Å². The number of rotatable bonds is 11. The average Bonchev–Trinajstić information content (AvgIpc) is 2.48. The summed E-state index contributed by atoms with van der Waals surface area (Å²) in [6, 6.07) is 0. The Morgan fingerprint density at radius 3 is 2.05 bits per heavy atom. The van der Waals surface area contributed by atoms with Gasteiger partial charge in [-0.2, -0.15) is 0 Å². The molecule has 2 unspecified atom stereocenters. The molecule has 0 aromatic heterocycles. The molecule has 0 aliphatic heterocycles. The fourth-order valence-corrected chi connectivity index (χ4v) is 2.22. The van der Waals surface area contributed by atoms with Crippen molar-refractivity contribution < 1.29 is 19.1 Å². The van der Waals surface area contributed by atoms with Crippen LogP contribution >= 0.6 is 0 Å². The second-order valence-electron chi connectivity index (χ2n) is 5.65. The van der Waals surface area contributed by atoms with Crippen LogP contribution in [0, 0.1) is 11.8 Å². The zero-order valence-corrected chi connectivity index (χ0v) is 14.2. The van der Waals surface area contributed by atoms with Gasteiger partial charge in [0, 0.05) is 0 Å². The first-order valence-corrected chi connectivity index (χ1v) is 8.47. The van der Waals surface area contributed by atoms with E-state index in [9.17, 15) is 9.59 Å². The van der Waals surface area contributed by atoms with Crippen molar-refractivity contribution in [1.82, 2.24) is 0 Å². The third kappa shape index (κ3) is 9.48. The summed E-state index contributed by atoms with van der Waals surface area (Å²) in [5.41, 5.74) is 0. The Morgan fingerprint density at radius 1 is 0.905 bits per heavy atom. The van der Waals surface area contributed by atoms with Gasteiger partial charge in [0.2, 0.25) is 0 Å². The number of hydrogen-bond acceptors (Lipinski definition) is 4. The molecule has 0 saturated carbocycles. The highest BCUT2D eigenvalue weighted by molar-refractivity contribution is 5.83. The highest BCUT2D eigenvalue weighted by Crippen LogP contribution is 2.16. The smallest absolute Gasteiger partial charge is 0.434 e. The Morgan fingerprint density at radius 2 is 1.52 bits per heavy atom. The zero-order valence-electron chi connectivity index (χ0n) is 14.2. The lowest BCUT2D eigenvalue weighted by Crippen LogP contribution is -2.23. The summed E-state index contributed by atoms with van der Waals surface area (Å²) < 4.78 is 9.88. The van der Waals surface area contributed by atoms with E-state index in [1.54, 1.807) is 0 Å². The first-order chi connectivity index (χ1) is 10.1. The molecule has 0 aliphatic carbocycles. The topological polar surface area (TPSA) is 52.6 Å².